The molecule has 1 aliphatic heterocycles. The van der Waals surface area contributed by atoms with Crippen molar-refractivity contribution in [2.75, 3.05) is 13.1 Å². The first-order valence-electron chi connectivity index (χ1n) is 12.8. The quantitative estimate of drug-likeness (QED) is 0.152. The molecular weight excluding hydrogens is 588 g/mol. The molecule has 0 saturated carbocycles. The number of nitrogens with two attached hydrogens (primary N) is 1. The lowest BCUT2D eigenvalue weighted by molar-refractivity contribution is -0.160. The van der Waals surface area contributed by atoms with Gasteiger partial charge in [-0.3, -0.25) is 19.8 Å². The van der Waals surface area contributed by atoms with Gasteiger partial charge in [-0.1, -0.05) is 18.2 Å². The van der Waals surface area contributed by atoms with Crippen molar-refractivity contribution in [2.45, 2.75) is 31.2 Å². The van der Waals surface area contributed by atoms with Crippen LogP contribution in [0.1, 0.15) is 33.3 Å². The van der Waals surface area contributed by atoms with E-state index in [9.17, 15) is 33.1 Å². The van der Waals surface area contributed by atoms with Crippen molar-refractivity contribution in [3.63, 3.8) is 0 Å². The Hall–Kier alpha value is -4.89. The summed E-state index contributed by atoms with van der Waals surface area (Å²) in [6.07, 6.45) is -1.53. The molecule has 1 saturated heterocycles. The number of carboxylic acids is 1. The molecule has 4 rings (SSSR count). The monoisotopic (exact) mass is 615 g/mol. The van der Waals surface area contributed by atoms with Crippen molar-refractivity contribution in [1.82, 2.24) is 15.5 Å². The number of amides is 3. The Bertz CT molecular complexity index is 1490. The second-order valence-corrected chi connectivity index (χ2v) is 10.3. The number of amidine groups is 1. The van der Waals surface area contributed by atoms with E-state index in [4.69, 9.17) is 15.9 Å². The van der Waals surface area contributed by atoms with E-state index in [1.807, 2.05) is 18.2 Å². The average Bonchev–Trinajstić information content (AvgIpc) is 3.63. The Morgan fingerprint density at radius 3 is 2.35 bits per heavy atom. The SMILES string of the molecule is N=C(N)c1csc(C(NC(=O)[C@@H]2C[C@@H](OC(F)F)CN2C(=O)CNC(=O)c2ccc(Oc3ccccc3)cc2)C(=O)O)c1. The normalized spacial score (nSPS) is 16.9. The van der Waals surface area contributed by atoms with E-state index in [1.165, 1.54) is 23.6 Å². The topological polar surface area (TPSA) is 184 Å². The number of aliphatic carboxylic acids is 1. The molecule has 226 valence electrons. The maximum Gasteiger partial charge on any atom is 0.345 e. The molecule has 15 heteroatoms. The summed E-state index contributed by atoms with van der Waals surface area (Å²) >= 11 is 0.949. The number of thiophene rings is 1. The maximum atomic E-state index is 13.2. The molecule has 3 amide bonds. The third-order valence-electron chi connectivity index (χ3n) is 6.43. The number of hydrogen-bond acceptors (Lipinski definition) is 8. The Morgan fingerprint density at radius 2 is 1.74 bits per heavy atom. The predicted octanol–water partition coefficient (Wildman–Crippen LogP) is 2.71. The van der Waals surface area contributed by atoms with Crippen LogP contribution < -0.4 is 21.1 Å². The number of ether oxygens (including phenoxy) is 2. The van der Waals surface area contributed by atoms with Crippen LogP contribution in [0, 0.1) is 5.41 Å². The first-order chi connectivity index (χ1) is 20.5. The van der Waals surface area contributed by atoms with Crippen LogP contribution in [-0.4, -0.2) is 71.4 Å². The lowest BCUT2D eigenvalue weighted by atomic mass is 10.1. The first kappa shape index (κ1) is 31.1. The van der Waals surface area contributed by atoms with E-state index in [0.29, 0.717) is 11.5 Å². The van der Waals surface area contributed by atoms with Crippen molar-refractivity contribution in [1.29, 1.82) is 5.41 Å². The second-order valence-electron chi connectivity index (χ2n) is 9.37. The third-order valence-corrected chi connectivity index (χ3v) is 7.42. The maximum absolute atomic E-state index is 13.2. The number of carbonyl (C=O) groups is 4. The summed E-state index contributed by atoms with van der Waals surface area (Å²) in [5, 5.41) is 23.4. The van der Waals surface area contributed by atoms with Crippen LogP contribution in [0.25, 0.3) is 0 Å². The molecule has 2 heterocycles. The Morgan fingerprint density at radius 1 is 1.07 bits per heavy atom. The fourth-order valence-electron chi connectivity index (χ4n) is 4.36. The minimum absolute atomic E-state index is 0.162. The van der Waals surface area contributed by atoms with Crippen molar-refractivity contribution in [3.05, 3.63) is 82.0 Å². The Balaban J connectivity index is 1.40. The molecule has 6 N–H and O–H groups in total. The summed E-state index contributed by atoms with van der Waals surface area (Å²) in [5.41, 5.74) is 5.91. The number of nitrogen functional groups attached to an aromatic ring is 1. The minimum Gasteiger partial charge on any atom is -0.479 e. The van der Waals surface area contributed by atoms with Gasteiger partial charge in [-0.25, -0.2) is 4.79 Å². The van der Waals surface area contributed by atoms with Crippen molar-refractivity contribution in [3.8, 4) is 11.5 Å². The highest BCUT2D eigenvalue weighted by atomic mass is 32.1. The van der Waals surface area contributed by atoms with Gasteiger partial charge >= 0.3 is 12.6 Å². The largest absolute Gasteiger partial charge is 0.479 e. The van der Waals surface area contributed by atoms with E-state index < -0.39 is 55.0 Å². The number of nitrogens with zero attached hydrogens (tertiary/aromatic N) is 1. The van der Waals surface area contributed by atoms with Gasteiger partial charge in [0.05, 0.1) is 12.6 Å². The van der Waals surface area contributed by atoms with Gasteiger partial charge in [-0.2, -0.15) is 8.78 Å². The number of likely N-dealkylation sites (tertiary alicyclic amines) is 1. The zero-order valence-electron chi connectivity index (χ0n) is 22.4. The van der Waals surface area contributed by atoms with Crippen LogP contribution in [-0.2, 0) is 19.1 Å². The first-order valence-corrected chi connectivity index (χ1v) is 13.7. The lowest BCUT2D eigenvalue weighted by Gasteiger charge is -2.25. The summed E-state index contributed by atoms with van der Waals surface area (Å²) in [7, 11) is 0. The molecule has 1 fully saturated rings. The van der Waals surface area contributed by atoms with Crippen LogP contribution in [0.3, 0.4) is 0 Å². The van der Waals surface area contributed by atoms with Gasteiger partial charge in [0.15, 0.2) is 6.04 Å². The highest BCUT2D eigenvalue weighted by Crippen LogP contribution is 2.26. The van der Waals surface area contributed by atoms with E-state index in [1.54, 1.807) is 24.3 Å². The molecule has 0 bridgehead atoms. The molecule has 12 nitrogen and oxygen atoms in total. The van der Waals surface area contributed by atoms with Gasteiger partial charge in [0.25, 0.3) is 5.91 Å². The molecule has 0 spiro atoms. The Labute approximate surface area is 247 Å². The second kappa shape index (κ2) is 13.8. The molecule has 2 aromatic carbocycles. The molecule has 1 aliphatic rings. The zero-order valence-corrected chi connectivity index (χ0v) is 23.2. The fourth-order valence-corrected chi connectivity index (χ4v) is 5.31. The zero-order chi connectivity index (χ0) is 31.1. The lowest BCUT2D eigenvalue weighted by Crippen LogP contribution is -2.50. The predicted molar refractivity (Wildman–Crippen MR) is 150 cm³/mol. The van der Waals surface area contributed by atoms with Crippen molar-refractivity contribution >= 4 is 40.9 Å². The number of alkyl halides is 2. The smallest absolute Gasteiger partial charge is 0.345 e. The summed E-state index contributed by atoms with van der Waals surface area (Å²) in [6, 6.07) is 13.6. The number of carboxylic acid groups (broad SMARTS) is 1. The van der Waals surface area contributed by atoms with Crippen LogP contribution in [0.4, 0.5) is 8.78 Å². The Kier molecular flexibility index (Phi) is 10.0. The molecule has 3 atom stereocenters. The number of para-hydroxylation sites is 1. The summed E-state index contributed by atoms with van der Waals surface area (Å²) < 4.78 is 36.1. The number of hydrogen-bond donors (Lipinski definition) is 5. The van der Waals surface area contributed by atoms with E-state index in [0.717, 1.165) is 16.2 Å². The molecule has 1 aromatic heterocycles. The summed E-state index contributed by atoms with van der Waals surface area (Å²) in [5.74, 6) is -2.92. The fraction of sp³-hybridized carbons (Fsp3) is 0.250. The van der Waals surface area contributed by atoms with Crippen molar-refractivity contribution in [2.24, 2.45) is 5.73 Å². The number of nitrogens with one attached hydrogen (secondary N) is 3. The van der Waals surface area contributed by atoms with E-state index >= 15 is 0 Å². The van der Waals surface area contributed by atoms with Gasteiger partial charge in [-0.05, 0) is 42.5 Å². The molecule has 3 aromatic rings. The highest BCUT2D eigenvalue weighted by Gasteiger charge is 2.42. The molecular formula is C28H27F2N5O7S. The number of benzene rings is 2. The number of halogens is 2. The molecule has 43 heavy (non-hydrogen) atoms. The number of carbonyl (C=O) groups excluding carboxylic acids is 3. The highest BCUT2D eigenvalue weighted by molar-refractivity contribution is 7.10. The van der Waals surface area contributed by atoms with E-state index in [2.05, 4.69) is 15.4 Å². The van der Waals surface area contributed by atoms with Crippen LogP contribution in [0.15, 0.2) is 66.0 Å². The van der Waals surface area contributed by atoms with Gasteiger partial charge < -0.3 is 35.8 Å². The molecule has 0 radical (unpaired) electrons. The van der Waals surface area contributed by atoms with Crippen molar-refractivity contribution < 1.29 is 42.5 Å². The van der Waals surface area contributed by atoms with Gasteiger partial charge in [-0.15, -0.1) is 11.3 Å². The summed E-state index contributed by atoms with van der Waals surface area (Å²) in [6.45, 7) is -4.12. The van der Waals surface area contributed by atoms with Gasteiger partial charge in [0.1, 0.15) is 23.4 Å². The van der Waals surface area contributed by atoms with Crippen LogP contribution in [0.5, 0.6) is 11.5 Å². The van der Waals surface area contributed by atoms with Gasteiger partial charge in [0, 0.05) is 34.3 Å². The average molecular weight is 616 g/mol. The van der Waals surface area contributed by atoms with E-state index in [-0.39, 0.29) is 34.8 Å². The van der Waals surface area contributed by atoms with Gasteiger partial charge in [0.2, 0.25) is 11.8 Å². The number of rotatable bonds is 12. The minimum atomic E-state index is -3.17. The van der Waals surface area contributed by atoms with Crippen LogP contribution >= 0.6 is 11.3 Å². The molecule has 0 aliphatic carbocycles. The molecule has 1 unspecified atom stereocenters. The van der Waals surface area contributed by atoms with Crippen LogP contribution in [0.2, 0.25) is 0 Å². The summed E-state index contributed by atoms with van der Waals surface area (Å²) in [4.78, 5) is 52.0. The third kappa shape index (κ3) is 8.11. The standard InChI is InChI=1S/C28H27F2N5O7S/c29-28(30)42-19-11-20(26(38)34-23(27(39)40)21-10-16(14-43-21)24(31)32)35(13-19)22(36)12-33-25(37)15-6-8-18(9-7-15)41-17-4-2-1-3-5-17/h1-10,14,19-20,23,28H,11-13H2,(H3,31,32)(H,33,37)(H,34,38)(H,39,40)/t19-,20+,23?/m1/s1.